The summed E-state index contributed by atoms with van der Waals surface area (Å²) >= 11 is 0. The van der Waals surface area contributed by atoms with Crippen LogP contribution in [0.5, 0.6) is 5.75 Å². The Morgan fingerprint density at radius 2 is 1.64 bits per heavy atom. The molecule has 3 fully saturated rings. The van der Waals surface area contributed by atoms with Crippen LogP contribution in [0.15, 0.2) is 59.8 Å². The molecule has 2 aromatic heterocycles. The number of unbranched alkanes of at least 4 members (excludes halogenated alkanes) is 1. The highest BCUT2D eigenvalue weighted by atomic mass is 19.1. The minimum atomic E-state index is -0.618. The third kappa shape index (κ3) is 8.76. The molecule has 3 saturated heterocycles. The van der Waals surface area contributed by atoms with E-state index >= 15 is 8.78 Å². The summed E-state index contributed by atoms with van der Waals surface area (Å²) in [5.41, 5.74) is 2.30. The van der Waals surface area contributed by atoms with Gasteiger partial charge in [0.25, 0.3) is 11.5 Å². The van der Waals surface area contributed by atoms with Gasteiger partial charge in [0.1, 0.15) is 17.4 Å². The van der Waals surface area contributed by atoms with Crippen molar-refractivity contribution in [1.82, 2.24) is 24.7 Å². The zero-order valence-corrected chi connectivity index (χ0v) is 31.9. The molecule has 3 aliphatic heterocycles. The van der Waals surface area contributed by atoms with Gasteiger partial charge in [-0.05, 0) is 79.8 Å². The summed E-state index contributed by atoms with van der Waals surface area (Å²) in [7, 11) is 0. The van der Waals surface area contributed by atoms with Crippen LogP contribution in [0.25, 0.3) is 21.9 Å². The highest BCUT2D eigenvalue weighted by molar-refractivity contribution is 6.06. The van der Waals surface area contributed by atoms with Crippen LogP contribution in [0.4, 0.5) is 19.3 Å². The molecule has 296 valence electrons. The summed E-state index contributed by atoms with van der Waals surface area (Å²) in [6.07, 6.45) is 9.63. The summed E-state index contributed by atoms with van der Waals surface area (Å²) in [4.78, 5) is 59.4. The predicted octanol–water partition coefficient (Wildman–Crippen LogP) is 5.95. The fourth-order valence-electron chi connectivity index (χ4n) is 7.81. The number of urea groups is 1. The van der Waals surface area contributed by atoms with Gasteiger partial charge in [0.15, 0.2) is 6.61 Å². The van der Waals surface area contributed by atoms with Gasteiger partial charge in [-0.3, -0.25) is 34.5 Å². The molecule has 0 spiro atoms. The van der Waals surface area contributed by atoms with E-state index in [2.05, 4.69) is 10.3 Å². The van der Waals surface area contributed by atoms with Crippen LogP contribution in [0.1, 0.15) is 63.0 Å². The molecule has 0 atom stereocenters. The van der Waals surface area contributed by atoms with Crippen LogP contribution < -0.4 is 20.5 Å². The van der Waals surface area contributed by atoms with Crippen LogP contribution in [-0.4, -0.2) is 88.7 Å². The molecule has 3 aliphatic rings. The average Bonchev–Trinajstić information content (AvgIpc) is 3.19. The van der Waals surface area contributed by atoms with Gasteiger partial charge in [0, 0.05) is 88.0 Å². The molecule has 4 aromatic rings. The first kappa shape index (κ1) is 39.0. The Bertz CT molecular complexity index is 2140. The number of fused-ring (bicyclic) bond motifs is 1. The van der Waals surface area contributed by atoms with Crippen LogP contribution in [0, 0.1) is 18.6 Å². The summed E-state index contributed by atoms with van der Waals surface area (Å²) in [6.45, 7) is 7.08. The number of nitrogens with one attached hydrogen (secondary N) is 1. The largest absolute Gasteiger partial charge is 0.484 e. The highest BCUT2D eigenvalue weighted by Crippen LogP contribution is 2.31. The lowest BCUT2D eigenvalue weighted by Gasteiger charge is -2.37. The molecule has 0 radical (unpaired) electrons. The van der Waals surface area contributed by atoms with E-state index in [1.807, 2.05) is 24.8 Å². The summed E-state index contributed by atoms with van der Waals surface area (Å²) in [5, 5.41) is 3.36. The second-order valence-corrected chi connectivity index (χ2v) is 14.9. The van der Waals surface area contributed by atoms with Gasteiger partial charge in [0.05, 0.1) is 23.3 Å². The SMILES string of the molecule is CCCCn1cc(-c2cc(F)c(CN3CCC(OC4CCN(C(=O)COc5ccc(C)c(N6CCC(=O)NC6=O)c5)CC4)CC3)c(F)c2)c2ccncc2c1=O. The van der Waals surface area contributed by atoms with E-state index < -0.39 is 17.7 Å². The number of pyridine rings is 2. The Morgan fingerprint density at radius 3 is 2.34 bits per heavy atom. The molecule has 0 aliphatic carbocycles. The zero-order chi connectivity index (χ0) is 39.3. The van der Waals surface area contributed by atoms with Crippen LogP contribution in [0.2, 0.25) is 0 Å². The summed E-state index contributed by atoms with van der Waals surface area (Å²) < 4.78 is 45.1. The van der Waals surface area contributed by atoms with Crippen molar-refractivity contribution < 1.29 is 32.6 Å². The first-order chi connectivity index (χ1) is 27.1. The molecule has 2 aromatic carbocycles. The number of aromatic nitrogens is 2. The standard InChI is InChI=1S/C42H48F2N6O6/c1-3-4-14-49-25-34(32-7-13-45-23-33(32)41(49)53)28-20-36(43)35(37(44)21-28)24-47-15-8-29(9-16-47)56-30-10-17-48(18-11-30)40(52)26-55-31-6-5-27(2)38(22-31)50-19-12-39(51)46-42(50)54/h5-7,13,20-23,25,29-30H,3-4,8-12,14-19,24,26H2,1-2H3,(H,46,51,54). The monoisotopic (exact) mass is 770 g/mol. The topological polar surface area (TPSA) is 126 Å². The van der Waals surface area contributed by atoms with Crippen molar-refractivity contribution in [2.24, 2.45) is 0 Å². The number of likely N-dealkylation sites (tertiary alicyclic amines) is 2. The lowest BCUT2D eigenvalue weighted by molar-refractivity contribution is -0.137. The van der Waals surface area contributed by atoms with Gasteiger partial charge in [-0.1, -0.05) is 19.4 Å². The number of hydrogen-bond acceptors (Lipinski definition) is 8. The van der Waals surface area contributed by atoms with Crippen LogP contribution in [0.3, 0.4) is 0 Å². The van der Waals surface area contributed by atoms with E-state index in [-0.39, 0.29) is 61.3 Å². The number of nitrogens with zero attached hydrogens (tertiary/aromatic N) is 5. The second-order valence-electron chi connectivity index (χ2n) is 14.9. The Balaban J connectivity index is 0.878. The number of rotatable bonds is 12. The van der Waals surface area contributed by atoms with Crippen molar-refractivity contribution >= 4 is 34.3 Å². The van der Waals surface area contributed by atoms with Crippen molar-refractivity contribution in [1.29, 1.82) is 0 Å². The van der Waals surface area contributed by atoms with Gasteiger partial charge in [-0.2, -0.15) is 0 Å². The number of imide groups is 1. The minimum absolute atomic E-state index is 0.0179. The van der Waals surface area contributed by atoms with E-state index in [9.17, 15) is 19.2 Å². The first-order valence-electron chi connectivity index (χ1n) is 19.5. The molecule has 56 heavy (non-hydrogen) atoms. The van der Waals surface area contributed by atoms with Crippen molar-refractivity contribution in [2.45, 2.75) is 84.1 Å². The van der Waals surface area contributed by atoms with Crippen molar-refractivity contribution in [3.63, 3.8) is 0 Å². The number of anilines is 1. The van der Waals surface area contributed by atoms with Crippen molar-refractivity contribution in [3.05, 3.63) is 88.1 Å². The molecule has 14 heteroatoms. The van der Waals surface area contributed by atoms with Gasteiger partial charge in [-0.15, -0.1) is 0 Å². The molecule has 5 heterocycles. The average molecular weight is 771 g/mol. The van der Waals surface area contributed by atoms with E-state index in [1.54, 1.807) is 40.1 Å². The zero-order valence-electron chi connectivity index (χ0n) is 31.9. The van der Waals surface area contributed by atoms with Crippen LogP contribution >= 0.6 is 0 Å². The summed E-state index contributed by atoms with van der Waals surface area (Å²) in [6, 6.07) is 9.25. The Labute approximate surface area is 324 Å². The molecule has 0 saturated carbocycles. The smallest absolute Gasteiger partial charge is 0.328 e. The molecule has 7 rings (SSSR count). The van der Waals surface area contributed by atoms with Crippen molar-refractivity contribution in [3.8, 4) is 16.9 Å². The fraction of sp³-hybridized carbons (Fsp3) is 0.452. The molecule has 12 nitrogen and oxygen atoms in total. The van der Waals surface area contributed by atoms with E-state index in [4.69, 9.17) is 9.47 Å². The van der Waals surface area contributed by atoms with Gasteiger partial charge in [0.2, 0.25) is 5.91 Å². The maximum atomic E-state index is 15.6. The lowest BCUT2D eigenvalue weighted by atomic mass is 9.99. The second kappa shape index (κ2) is 17.3. The number of carbonyl (C=O) groups is 3. The van der Waals surface area contributed by atoms with Gasteiger partial charge < -0.3 is 18.9 Å². The Morgan fingerprint density at radius 1 is 0.929 bits per heavy atom. The number of aryl methyl sites for hydroxylation is 2. The minimum Gasteiger partial charge on any atom is -0.484 e. The maximum absolute atomic E-state index is 15.6. The number of carbonyl (C=O) groups excluding carboxylic acids is 3. The quantitative estimate of drug-likeness (QED) is 0.188. The van der Waals surface area contributed by atoms with E-state index in [1.165, 1.54) is 23.2 Å². The van der Waals surface area contributed by atoms with Gasteiger partial charge in [-0.25, -0.2) is 13.6 Å². The number of ether oxygens (including phenoxy) is 2. The molecule has 1 N–H and O–H groups in total. The fourth-order valence-corrected chi connectivity index (χ4v) is 7.81. The van der Waals surface area contributed by atoms with E-state index in [0.717, 1.165) is 31.2 Å². The van der Waals surface area contributed by atoms with Gasteiger partial charge >= 0.3 is 6.03 Å². The molecule has 4 amide bonds. The Kier molecular flexibility index (Phi) is 12.1. The predicted molar refractivity (Wildman–Crippen MR) is 207 cm³/mol. The Hall–Kier alpha value is -5.21. The number of benzene rings is 2. The maximum Gasteiger partial charge on any atom is 0.328 e. The normalized spacial score (nSPS) is 17.4. The molecule has 0 unspecified atom stereocenters. The third-order valence-corrected chi connectivity index (χ3v) is 11.1. The third-order valence-electron chi connectivity index (χ3n) is 11.1. The van der Waals surface area contributed by atoms with E-state index in [0.29, 0.717) is 78.9 Å². The lowest BCUT2D eigenvalue weighted by Crippen LogP contribution is -2.49. The number of hydrogen-bond donors (Lipinski definition) is 1. The molecule has 0 bridgehead atoms. The number of amides is 4. The number of halogens is 2. The van der Waals surface area contributed by atoms with Crippen molar-refractivity contribution in [2.75, 3.05) is 44.2 Å². The van der Waals surface area contributed by atoms with Crippen LogP contribution in [-0.2, 0) is 27.4 Å². The highest BCUT2D eigenvalue weighted by Gasteiger charge is 2.29. The summed E-state index contributed by atoms with van der Waals surface area (Å²) in [5.74, 6) is -1.21. The molecular weight excluding hydrogens is 722 g/mol. The first-order valence-corrected chi connectivity index (χ1v) is 19.5. The molecular formula is C42H48F2N6O6. The number of piperidine rings is 2.